The van der Waals surface area contributed by atoms with Crippen molar-refractivity contribution in [2.45, 2.75) is 64.6 Å². The monoisotopic (exact) mass is 335 g/mol. The molecule has 0 aromatic carbocycles. The Morgan fingerprint density at radius 3 is 2.88 bits per heavy atom. The molecular formula is C17H29N5O2. The first-order valence-corrected chi connectivity index (χ1v) is 9.06. The molecule has 0 spiro atoms. The lowest BCUT2D eigenvalue weighted by Gasteiger charge is -2.28. The van der Waals surface area contributed by atoms with Crippen molar-refractivity contribution in [1.29, 1.82) is 0 Å². The zero-order valence-corrected chi connectivity index (χ0v) is 15.0. The van der Waals surface area contributed by atoms with Crippen LogP contribution < -0.4 is 5.32 Å². The van der Waals surface area contributed by atoms with Crippen molar-refractivity contribution in [3.05, 3.63) is 11.6 Å². The van der Waals surface area contributed by atoms with Crippen molar-refractivity contribution in [2.75, 3.05) is 20.3 Å². The van der Waals surface area contributed by atoms with Crippen LogP contribution in [0.4, 0.5) is 4.79 Å². The maximum atomic E-state index is 12.7. The number of methoxy groups -OCH3 is 1. The van der Waals surface area contributed by atoms with E-state index in [9.17, 15) is 4.79 Å². The molecule has 3 rings (SSSR count). The topological polar surface area (TPSA) is 72.3 Å². The van der Waals surface area contributed by atoms with Gasteiger partial charge in [-0.1, -0.05) is 13.8 Å². The third-order valence-corrected chi connectivity index (χ3v) is 5.10. The molecule has 24 heavy (non-hydrogen) atoms. The minimum absolute atomic E-state index is 0.0836. The molecule has 0 aliphatic carbocycles. The van der Waals surface area contributed by atoms with Gasteiger partial charge in [0.15, 0.2) is 0 Å². The Labute approximate surface area is 143 Å². The van der Waals surface area contributed by atoms with Gasteiger partial charge in [-0.15, -0.1) is 10.2 Å². The zero-order valence-electron chi connectivity index (χ0n) is 15.0. The number of fused-ring (bicyclic) bond motifs is 3. The van der Waals surface area contributed by atoms with E-state index >= 15 is 0 Å². The third kappa shape index (κ3) is 3.55. The normalized spacial score (nSPS) is 22.6. The largest absolute Gasteiger partial charge is 0.384 e. The molecule has 7 heteroatoms. The van der Waals surface area contributed by atoms with Gasteiger partial charge >= 0.3 is 6.03 Å². The molecule has 7 nitrogen and oxygen atoms in total. The summed E-state index contributed by atoms with van der Waals surface area (Å²) in [7, 11) is 1.70. The van der Waals surface area contributed by atoms with E-state index in [2.05, 4.69) is 38.8 Å². The number of nitrogens with one attached hydrogen (secondary N) is 1. The number of nitrogens with zero attached hydrogens (tertiary/aromatic N) is 4. The number of aromatic nitrogens is 3. The zero-order chi connectivity index (χ0) is 17.1. The predicted octanol–water partition coefficient (Wildman–Crippen LogP) is 1.61. The van der Waals surface area contributed by atoms with Gasteiger partial charge in [-0.2, -0.15) is 0 Å². The highest BCUT2D eigenvalue weighted by Crippen LogP contribution is 2.31. The number of rotatable bonds is 6. The van der Waals surface area contributed by atoms with Crippen molar-refractivity contribution in [2.24, 2.45) is 5.92 Å². The van der Waals surface area contributed by atoms with Gasteiger partial charge in [0.1, 0.15) is 11.6 Å². The Bertz CT molecular complexity index is 571. The highest BCUT2D eigenvalue weighted by Gasteiger charge is 2.40. The molecule has 1 N–H and O–H groups in total. The van der Waals surface area contributed by atoms with Gasteiger partial charge in [0.2, 0.25) is 0 Å². The highest BCUT2D eigenvalue weighted by atomic mass is 16.5. The van der Waals surface area contributed by atoms with Crippen LogP contribution in [0.5, 0.6) is 0 Å². The molecule has 2 atom stereocenters. The number of hydrogen-bond donors (Lipinski definition) is 1. The van der Waals surface area contributed by atoms with Gasteiger partial charge in [0.25, 0.3) is 0 Å². The summed E-state index contributed by atoms with van der Waals surface area (Å²) < 4.78 is 7.37. The predicted molar refractivity (Wildman–Crippen MR) is 90.8 cm³/mol. The molecule has 3 heterocycles. The van der Waals surface area contributed by atoms with E-state index in [0.29, 0.717) is 12.5 Å². The molecule has 134 valence electrons. The van der Waals surface area contributed by atoms with Gasteiger partial charge < -0.3 is 19.5 Å². The highest BCUT2D eigenvalue weighted by molar-refractivity contribution is 5.75. The molecule has 2 aliphatic heterocycles. The molecule has 1 aromatic rings. The smallest absolute Gasteiger partial charge is 0.317 e. The van der Waals surface area contributed by atoms with Crippen LogP contribution in [-0.2, 0) is 24.1 Å². The van der Waals surface area contributed by atoms with E-state index in [1.807, 2.05) is 0 Å². The maximum Gasteiger partial charge on any atom is 0.317 e. The van der Waals surface area contributed by atoms with Gasteiger partial charge in [0.05, 0.1) is 12.6 Å². The van der Waals surface area contributed by atoms with Crippen molar-refractivity contribution >= 4 is 6.03 Å². The van der Waals surface area contributed by atoms with Crippen LogP contribution in [0.1, 0.15) is 44.8 Å². The Morgan fingerprint density at radius 1 is 1.33 bits per heavy atom. The summed E-state index contributed by atoms with van der Waals surface area (Å²) in [4.78, 5) is 14.7. The first-order chi connectivity index (χ1) is 11.6. The minimum Gasteiger partial charge on any atom is -0.384 e. The van der Waals surface area contributed by atoms with Crippen molar-refractivity contribution in [3.8, 4) is 0 Å². The fraction of sp³-hybridized carbons (Fsp3) is 0.824. The lowest BCUT2D eigenvalue weighted by atomic mass is 10.1. The molecule has 2 aliphatic rings. The van der Waals surface area contributed by atoms with Crippen LogP contribution in [0.2, 0.25) is 0 Å². The molecule has 0 saturated carbocycles. The standard InChI is InChI=1S/C17H29N5O2/c1-12(2)6-8-18-17(23)22-13-4-5-14(22)11-21-15(7-9-24-3)19-20-16(21)10-13/h12-14H,4-11H2,1-3H3,(H,18,23). The van der Waals surface area contributed by atoms with E-state index in [1.165, 1.54) is 0 Å². The SMILES string of the molecule is COCCc1nnc2n1CC1CCC(C2)N1C(=O)NCCC(C)C. The van der Waals surface area contributed by atoms with Gasteiger partial charge in [-0.25, -0.2) is 4.79 Å². The van der Waals surface area contributed by atoms with Gasteiger partial charge in [-0.05, 0) is 25.2 Å². The van der Waals surface area contributed by atoms with Crippen molar-refractivity contribution < 1.29 is 9.53 Å². The van der Waals surface area contributed by atoms with E-state index in [4.69, 9.17) is 4.74 Å². The van der Waals surface area contributed by atoms with Crippen LogP contribution in [0.15, 0.2) is 0 Å². The summed E-state index contributed by atoms with van der Waals surface area (Å²) in [6.07, 6.45) is 4.70. The lowest BCUT2D eigenvalue weighted by molar-refractivity contribution is 0.170. The first kappa shape index (κ1) is 17.2. The Kier molecular flexibility index (Phi) is 5.38. The molecular weight excluding hydrogens is 306 g/mol. The number of carbonyl (C=O) groups is 1. The van der Waals surface area contributed by atoms with Gasteiger partial charge in [-0.3, -0.25) is 0 Å². The number of carbonyl (C=O) groups excluding carboxylic acids is 1. The minimum atomic E-state index is 0.0836. The summed E-state index contributed by atoms with van der Waals surface area (Å²) in [5.74, 6) is 2.58. The second kappa shape index (κ2) is 7.51. The Morgan fingerprint density at radius 2 is 2.12 bits per heavy atom. The quantitative estimate of drug-likeness (QED) is 0.857. The maximum absolute atomic E-state index is 12.7. The van der Waals surface area contributed by atoms with Crippen LogP contribution in [0, 0.1) is 5.92 Å². The van der Waals surface area contributed by atoms with Gasteiger partial charge in [0, 0.05) is 39.1 Å². The van der Waals surface area contributed by atoms with E-state index < -0.39 is 0 Å². The van der Waals surface area contributed by atoms with E-state index in [0.717, 1.165) is 56.8 Å². The molecule has 2 unspecified atom stereocenters. The summed E-state index contributed by atoms with van der Waals surface area (Å²) >= 11 is 0. The van der Waals surface area contributed by atoms with Crippen LogP contribution in [0.3, 0.4) is 0 Å². The third-order valence-electron chi connectivity index (χ3n) is 5.10. The second-order valence-corrected chi connectivity index (χ2v) is 7.30. The molecule has 1 aromatic heterocycles. The summed E-state index contributed by atoms with van der Waals surface area (Å²) in [5, 5.41) is 11.8. The van der Waals surface area contributed by atoms with Crippen LogP contribution >= 0.6 is 0 Å². The first-order valence-electron chi connectivity index (χ1n) is 9.06. The number of urea groups is 1. The Balaban J connectivity index is 1.68. The Hall–Kier alpha value is -1.63. The molecule has 1 saturated heterocycles. The lowest BCUT2D eigenvalue weighted by Crippen LogP contribution is -2.48. The average Bonchev–Trinajstić information content (AvgIpc) is 3.04. The van der Waals surface area contributed by atoms with Crippen LogP contribution in [-0.4, -0.2) is 58.0 Å². The summed E-state index contributed by atoms with van der Waals surface area (Å²) in [6.45, 7) is 6.54. The van der Waals surface area contributed by atoms with Crippen molar-refractivity contribution in [3.63, 3.8) is 0 Å². The van der Waals surface area contributed by atoms with E-state index in [1.54, 1.807) is 7.11 Å². The van der Waals surface area contributed by atoms with E-state index in [-0.39, 0.29) is 18.1 Å². The fourth-order valence-electron chi connectivity index (χ4n) is 3.77. The molecule has 2 amide bonds. The fourth-order valence-corrected chi connectivity index (χ4v) is 3.77. The number of amides is 2. The number of ether oxygens (including phenoxy) is 1. The summed E-state index contributed by atoms with van der Waals surface area (Å²) in [5.41, 5.74) is 0. The molecule has 0 radical (unpaired) electrons. The van der Waals surface area contributed by atoms with Crippen LogP contribution in [0.25, 0.3) is 0 Å². The molecule has 1 fully saturated rings. The molecule has 2 bridgehead atoms. The average molecular weight is 335 g/mol. The second-order valence-electron chi connectivity index (χ2n) is 7.30. The number of hydrogen-bond acceptors (Lipinski definition) is 4. The summed E-state index contributed by atoms with van der Waals surface area (Å²) in [6, 6.07) is 0.572. The van der Waals surface area contributed by atoms with Crippen molar-refractivity contribution in [1.82, 2.24) is 25.0 Å².